The van der Waals surface area contributed by atoms with Crippen LogP contribution in [-0.2, 0) is 14.4 Å². The highest BCUT2D eigenvalue weighted by Crippen LogP contribution is 2.34. The molecule has 1 aromatic heterocycles. The minimum atomic E-state index is -0.989. The average molecular weight is 474 g/mol. The Morgan fingerprint density at radius 1 is 1.12 bits per heavy atom. The van der Waals surface area contributed by atoms with E-state index in [1.807, 2.05) is 6.07 Å². The number of halogens is 1. The number of nitrogens with two attached hydrogens (primary N) is 1. The summed E-state index contributed by atoms with van der Waals surface area (Å²) in [4.78, 5) is 53.1. The van der Waals surface area contributed by atoms with E-state index in [2.05, 4.69) is 20.9 Å². The van der Waals surface area contributed by atoms with Crippen LogP contribution in [0.1, 0.15) is 49.0 Å². The number of benzene rings is 1. The lowest BCUT2D eigenvalue weighted by Crippen LogP contribution is -2.54. The van der Waals surface area contributed by atoms with Gasteiger partial charge >= 0.3 is 0 Å². The molecule has 1 saturated carbocycles. The number of aromatic amines is 1. The van der Waals surface area contributed by atoms with Gasteiger partial charge in [-0.25, -0.2) is 0 Å². The maximum absolute atomic E-state index is 13.1. The Morgan fingerprint density at radius 3 is 2.58 bits per heavy atom. The normalized spacial score (nSPS) is 20.0. The van der Waals surface area contributed by atoms with Gasteiger partial charge in [0.15, 0.2) is 0 Å². The van der Waals surface area contributed by atoms with E-state index in [1.165, 1.54) is 0 Å². The van der Waals surface area contributed by atoms with Gasteiger partial charge in [-0.05, 0) is 43.7 Å². The monoisotopic (exact) mass is 473 g/mol. The zero-order valence-electron chi connectivity index (χ0n) is 18.2. The molecule has 0 bridgehead atoms. The zero-order valence-corrected chi connectivity index (χ0v) is 18.9. The van der Waals surface area contributed by atoms with Gasteiger partial charge in [0.2, 0.25) is 17.7 Å². The highest BCUT2D eigenvalue weighted by atomic mass is 35.5. The predicted molar refractivity (Wildman–Crippen MR) is 123 cm³/mol. The molecule has 0 spiro atoms. The number of nitrogens with one attached hydrogen (secondary N) is 4. The maximum Gasteiger partial charge on any atom is 0.268 e. The molecule has 10 heteroatoms. The molecule has 0 radical (unpaired) electrons. The van der Waals surface area contributed by atoms with Crippen molar-refractivity contribution in [2.45, 2.75) is 50.6 Å². The molecule has 9 nitrogen and oxygen atoms in total. The quantitative estimate of drug-likeness (QED) is 0.376. The SMILES string of the molecule is NC(=O)C(C[C@@H]1CCCNC1=O)NC(=O)C(CC1CC1)NC(=O)c1cc2cccc(Cl)c2[nH]1. The smallest absolute Gasteiger partial charge is 0.268 e. The molecule has 2 heterocycles. The number of hydrogen-bond donors (Lipinski definition) is 5. The lowest BCUT2D eigenvalue weighted by atomic mass is 9.91. The summed E-state index contributed by atoms with van der Waals surface area (Å²) in [6.07, 6.45) is 4.03. The molecule has 1 aliphatic carbocycles. The van der Waals surface area contributed by atoms with Crippen LogP contribution in [-0.4, -0.2) is 47.2 Å². The van der Waals surface area contributed by atoms with Gasteiger partial charge in [0.25, 0.3) is 5.91 Å². The van der Waals surface area contributed by atoms with Gasteiger partial charge in [-0.3, -0.25) is 19.2 Å². The third-order valence-electron chi connectivity index (χ3n) is 6.32. The summed E-state index contributed by atoms with van der Waals surface area (Å²) in [5, 5.41) is 9.51. The number of para-hydroxylation sites is 1. The topological polar surface area (TPSA) is 146 Å². The van der Waals surface area contributed by atoms with Gasteiger partial charge < -0.3 is 26.7 Å². The third-order valence-corrected chi connectivity index (χ3v) is 6.63. The predicted octanol–water partition coefficient (Wildman–Crippen LogP) is 1.61. The number of H-pyrrole nitrogens is 1. The Kier molecular flexibility index (Phi) is 6.88. The summed E-state index contributed by atoms with van der Waals surface area (Å²) in [5.74, 6) is -1.81. The van der Waals surface area contributed by atoms with Gasteiger partial charge in [0.1, 0.15) is 17.8 Å². The highest BCUT2D eigenvalue weighted by Gasteiger charge is 2.34. The molecule has 4 rings (SSSR count). The lowest BCUT2D eigenvalue weighted by Gasteiger charge is -2.27. The summed E-state index contributed by atoms with van der Waals surface area (Å²) in [6.45, 7) is 0.609. The van der Waals surface area contributed by atoms with Crippen molar-refractivity contribution >= 4 is 46.1 Å². The van der Waals surface area contributed by atoms with Crippen LogP contribution in [0.15, 0.2) is 24.3 Å². The summed E-state index contributed by atoms with van der Waals surface area (Å²) in [7, 11) is 0. The van der Waals surface area contributed by atoms with Crippen LogP contribution in [0.3, 0.4) is 0 Å². The van der Waals surface area contributed by atoms with Crippen molar-refractivity contribution in [2.24, 2.45) is 17.6 Å². The highest BCUT2D eigenvalue weighted by molar-refractivity contribution is 6.35. The Labute approximate surface area is 196 Å². The van der Waals surface area contributed by atoms with Crippen molar-refractivity contribution in [1.82, 2.24) is 20.9 Å². The number of carbonyl (C=O) groups excluding carboxylic acids is 4. The van der Waals surface area contributed by atoms with Crippen molar-refractivity contribution in [2.75, 3.05) is 6.54 Å². The molecule has 4 amide bonds. The van der Waals surface area contributed by atoms with Crippen LogP contribution in [0.5, 0.6) is 0 Å². The molecule has 33 heavy (non-hydrogen) atoms. The first kappa shape index (κ1) is 23.1. The Hall–Kier alpha value is -3.07. The molecule has 3 atom stereocenters. The number of primary amides is 1. The number of carbonyl (C=O) groups is 4. The van der Waals surface area contributed by atoms with Gasteiger partial charge in [-0.15, -0.1) is 0 Å². The number of hydrogen-bond acceptors (Lipinski definition) is 4. The minimum absolute atomic E-state index is 0.136. The molecule has 6 N–H and O–H groups in total. The Balaban J connectivity index is 1.45. The number of fused-ring (bicyclic) bond motifs is 1. The van der Waals surface area contributed by atoms with Crippen molar-refractivity contribution < 1.29 is 19.2 Å². The standard InChI is InChI=1S/C23H28ClN5O4/c24-15-5-1-3-13-10-18(27-19(13)15)23(33)29-17(9-12-6-7-12)22(32)28-16(20(25)30)11-14-4-2-8-26-21(14)31/h1,3,5,10,12,14,16-17,27H,2,4,6-9,11H2,(H2,25,30)(H,26,31)(H,28,32)(H,29,33)/t14-,16?,17?/m0/s1. The van der Waals surface area contributed by atoms with E-state index in [-0.39, 0.29) is 23.9 Å². The molecule has 1 saturated heterocycles. The third kappa shape index (κ3) is 5.65. The van der Waals surface area contributed by atoms with Gasteiger partial charge in [-0.2, -0.15) is 0 Å². The van der Waals surface area contributed by atoms with Crippen LogP contribution in [0.4, 0.5) is 0 Å². The molecule has 2 fully saturated rings. The van der Waals surface area contributed by atoms with E-state index < -0.39 is 29.8 Å². The number of amides is 4. The largest absolute Gasteiger partial charge is 0.368 e. The molecule has 1 aliphatic heterocycles. The molecular weight excluding hydrogens is 446 g/mol. The Bertz CT molecular complexity index is 1080. The molecule has 2 unspecified atom stereocenters. The van der Waals surface area contributed by atoms with Crippen molar-refractivity contribution in [3.63, 3.8) is 0 Å². The summed E-state index contributed by atoms with van der Waals surface area (Å²) < 4.78 is 0. The first-order valence-electron chi connectivity index (χ1n) is 11.3. The maximum atomic E-state index is 13.1. The van der Waals surface area contributed by atoms with Crippen LogP contribution in [0, 0.1) is 11.8 Å². The van der Waals surface area contributed by atoms with Crippen molar-refractivity contribution in [3.8, 4) is 0 Å². The molecule has 2 aromatic rings. The minimum Gasteiger partial charge on any atom is -0.368 e. The van der Waals surface area contributed by atoms with E-state index in [0.717, 1.165) is 24.6 Å². The van der Waals surface area contributed by atoms with Gasteiger partial charge in [0.05, 0.1) is 10.5 Å². The molecule has 1 aromatic carbocycles. The van der Waals surface area contributed by atoms with Crippen LogP contribution < -0.4 is 21.7 Å². The number of aromatic nitrogens is 1. The second-order valence-electron chi connectivity index (χ2n) is 8.92. The zero-order chi connectivity index (χ0) is 23.5. The lowest BCUT2D eigenvalue weighted by molar-refractivity contribution is -0.131. The fraction of sp³-hybridized carbons (Fsp3) is 0.478. The van der Waals surface area contributed by atoms with E-state index in [0.29, 0.717) is 35.8 Å². The Morgan fingerprint density at radius 2 is 1.91 bits per heavy atom. The van der Waals surface area contributed by atoms with Gasteiger partial charge in [0, 0.05) is 17.8 Å². The second kappa shape index (κ2) is 9.82. The summed E-state index contributed by atoms with van der Waals surface area (Å²) in [6, 6.07) is 5.21. The second-order valence-corrected chi connectivity index (χ2v) is 9.33. The van der Waals surface area contributed by atoms with Crippen LogP contribution in [0.25, 0.3) is 10.9 Å². The molecule has 2 aliphatic rings. The first-order chi connectivity index (χ1) is 15.8. The van der Waals surface area contributed by atoms with Crippen LogP contribution >= 0.6 is 11.6 Å². The molecular formula is C23H28ClN5O4. The van der Waals surface area contributed by atoms with Crippen LogP contribution in [0.2, 0.25) is 5.02 Å². The van der Waals surface area contributed by atoms with Gasteiger partial charge in [-0.1, -0.05) is 36.6 Å². The van der Waals surface area contributed by atoms with E-state index in [4.69, 9.17) is 17.3 Å². The van der Waals surface area contributed by atoms with Crippen molar-refractivity contribution in [1.29, 1.82) is 0 Å². The number of piperidine rings is 1. The summed E-state index contributed by atoms with van der Waals surface area (Å²) >= 11 is 6.19. The fourth-order valence-electron chi connectivity index (χ4n) is 4.26. The van der Waals surface area contributed by atoms with Crippen molar-refractivity contribution in [3.05, 3.63) is 35.0 Å². The molecule has 176 valence electrons. The van der Waals surface area contributed by atoms with E-state index in [9.17, 15) is 19.2 Å². The average Bonchev–Trinajstić information content (AvgIpc) is 3.48. The number of rotatable bonds is 9. The fourth-order valence-corrected chi connectivity index (χ4v) is 4.49. The van der Waals surface area contributed by atoms with E-state index in [1.54, 1.807) is 18.2 Å². The van der Waals surface area contributed by atoms with E-state index >= 15 is 0 Å². The summed E-state index contributed by atoms with van der Waals surface area (Å²) in [5.41, 5.74) is 6.46. The first-order valence-corrected chi connectivity index (χ1v) is 11.6.